The summed E-state index contributed by atoms with van der Waals surface area (Å²) >= 11 is 0. The van der Waals surface area contributed by atoms with Crippen molar-refractivity contribution in [3.8, 4) is 0 Å². The highest BCUT2D eigenvalue weighted by atomic mass is 16.4. The second-order valence-electron chi connectivity index (χ2n) is 12.8. The van der Waals surface area contributed by atoms with Crippen LogP contribution in [0.1, 0.15) is 82.4 Å². The van der Waals surface area contributed by atoms with Gasteiger partial charge >= 0.3 is 5.97 Å². The summed E-state index contributed by atoms with van der Waals surface area (Å²) in [4.78, 5) is 48.0. The SMILES string of the molecule is CNCCCCCCC/C=C/c1cnc2c(c1)[C@@]1(Cc3cc(C(=O)NC(Cc4cc(C)c5[nH]ncc5c4)C(=O)O)cnc3C1)C(=O)N2. The average Bonchev–Trinajstić information content (AvgIpc) is 3.75. The number of amides is 2. The number of carboxylic acid groups (broad SMARTS) is 1. The van der Waals surface area contributed by atoms with E-state index in [9.17, 15) is 19.5 Å². The van der Waals surface area contributed by atoms with E-state index in [4.69, 9.17) is 0 Å². The van der Waals surface area contributed by atoms with Crippen molar-refractivity contribution in [2.75, 3.05) is 18.9 Å². The Morgan fingerprint density at radius 3 is 2.70 bits per heavy atom. The van der Waals surface area contributed by atoms with Crippen molar-refractivity contribution in [1.82, 2.24) is 30.8 Å². The van der Waals surface area contributed by atoms with Gasteiger partial charge in [-0.2, -0.15) is 5.10 Å². The van der Waals surface area contributed by atoms with Gasteiger partial charge in [-0.1, -0.05) is 37.5 Å². The zero-order valence-electron chi connectivity index (χ0n) is 26.9. The number of benzene rings is 1. The number of pyridine rings is 2. The largest absolute Gasteiger partial charge is 0.480 e. The highest BCUT2D eigenvalue weighted by Gasteiger charge is 2.52. The summed E-state index contributed by atoms with van der Waals surface area (Å²) in [5, 5.41) is 26.6. The van der Waals surface area contributed by atoms with Crippen molar-refractivity contribution < 1.29 is 19.5 Å². The Morgan fingerprint density at radius 2 is 1.87 bits per heavy atom. The van der Waals surface area contributed by atoms with E-state index in [1.807, 2.05) is 32.2 Å². The number of carbonyl (C=O) groups is 3. The molecule has 2 atom stereocenters. The van der Waals surface area contributed by atoms with Crippen LogP contribution < -0.4 is 16.0 Å². The maximum atomic E-state index is 13.4. The van der Waals surface area contributed by atoms with Gasteiger partial charge in [0.05, 0.1) is 22.7 Å². The zero-order chi connectivity index (χ0) is 33.0. The molecule has 244 valence electrons. The molecule has 0 radical (unpaired) electrons. The second kappa shape index (κ2) is 13.8. The molecular formula is C36H41N7O4. The van der Waals surface area contributed by atoms with Gasteiger partial charge in [0.1, 0.15) is 11.9 Å². The Morgan fingerprint density at radius 1 is 1.04 bits per heavy atom. The van der Waals surface area contributed by atoms with Gasteiger partial charge in [-0.25, -0.2) is 9.78 Å². The highest BCUT2D eigenvalue weighted by Crippen LogP contribution is 2.46. The van der Waals surface area contributed by atoms with Crippen LogP contribution in [0.5, 0.6) is 0 Å². The lowest BCUT2D eigenvalue weighted by molar-refractivity contribution is -0.139. The van der Waals surface area contributed by atoms with Gasteiger partial charge in [-0.05, 0) is 86.7 Å². The lowest BCUT2D eigenvalue weighted by atomic mass is 9.79. The van der Waals surface area contributed by atoms with Gasteiger partial charge in [0, 0.05) is 41.9 Å². The molecule has 0 saturated carbocycles. The standard InChI is InChI=1S/C36H41N7O4/c1-22-12-24(13-26-21-40-43-31(22)26)15-29(34(45)46)41-33(44)27-16-25-17-36(18-30(25)38-20-27)28-14-23(19-39-32(28)42-35(36)47)10-8-6-4-3-5-7-9-11-37-2/h8,10,12-14,16,19-21,29,37H,3-7,9,11,15,17-18H2,1-2H3,(H,40,43)(H,41,44)(H,45,46)(H,39,42,47)/b10-8+/t29?,36-/m0/s1. The third-order valence-corrected chi connectivity index (χ3v) is 9.33. The number of carbonyl (C=O) groups excluding carboxylic acids is 2. The topological polar surface area (TPSA) is 162 Å². The number of aromatic amines is 1. The van der Waals surface area contributed by atoms with Crippen molar-refractivity contribution in [2.24, 2.45) is 0 Å². The molecule has 4 aromatic rings. The van der Waals surface area contributed by atoms with E-state index in [0.29, 0.717) is 18.7 Å². The summed E-state index contributed by atoms with van der Waals surface area (Å²) in [5.41, 5.74) is 5.35. The molecule has 3 aromatic heterocycles. The van der Waals surface area contributed by atoms with Gasteiger partial charge in [-0.3, -0.25) is 19.7 Å². The summed E-state index contributed by atoms with van der Waals surface area (Å²) in [6, 6.07) is 6.40. The molecule has 0 fully saturated rings. The lowest BCUT2D eigenvalue weighted by Crippen LogP contribution is -2.42. The van der Waals surface area contributed by atoms with Gasteiger partial charge in [0.15, 0.2) is 0 Å². The number of anilines is 1. The molecule has 1 aliphatic carbocycles. The van der Waals surface area contributed by atoms with Crippen LogP contribution in [0.2, 0.25) is 0 Å². The fourth-order valence-corrected chi connectivity index (χ4v) is 6.81. The Balaban J connectivity index is 1.12. The first-order chi connectivity index (χ1) is 22.8. The quantitative estimate of drug-likeness (QED) is 0.125. The van der Waals surface area contributed by atoms with Gasteiger partial charge in [-0.15, -0.1) is 0 Å². The molecule has 1 spiro atoms. The summed E-state index contributed by atoms with van der Waals surface area (Å²) in [5.74, 6) is -1.22. The molecule has 1 aliphatic heterocycles. The van der Waals surface area contributed by atoms with Crippen molar-refractivity contribution >= 4 is 40.6 Å². The van der Waals surface area contributed by atoms with E-state index in [1.165, 1.54) is 31.9 Å². The number of hydrogen-bond acceptors (Lipinski definition) is 7. The maximum Gasteiger partial charge on any atom is 0.326 e. The third kappa shape index (κ3) is 6.80. The van der Waals surface area contributed by atoms with Crippen LogP contribution >= 0.6 is 0 Å². The van der Waals surface area contributed by atoms with Crippen LogP contribution in [0.15, 0.2) is 48.9 Å². The number of nitrogens with one attached hydrogen (secondary N) is 4. The minimum Gasteiger partial charge on any atom is -0.480 e. The molecule has 5 N–H and O–H groups in total. The first kappa shape index (κ1) is 32.1. The number of aryl methyl sites for hydroxylation is 1. The van der Waals surface area contributed by atoms with Crippen molar-refractivity contribution in [3.05, 3.63) is 88.0 Å². The molecule has 2 amide bonds. The van der Waals surface area contributed by atoms with E-state index < -0.39 is 23.3 Å². The van der Waals surface area contributed by atoms with E-state index >= 15 is 0 Å². The van der Waals surface area contributed by atoms with Crippen LogP contribution in [-0.4, -0.2) is 62.7 Å². The van der Waals surface area contributed by atoms with Crippen molar-refractivity contribution in [3.63, 3.8) is 0 Å². The first-order valence-corrected chi connectivity index (χ1v) is 16.3. The number of unbranched alkanes of at least 4 members (excludes halogenated alkanes) is 5. The van der Waals surface area contributed by atoms with Crippen molar-refractivity contribution in [2.45, 2.75) is 76.2 Å². The number of aromatic nitrogens is 4. The predicted octanol–water partition coefficient (Wildman–Crippen LogP) is 4.65. The van der Waals surface area contributed by atoms with Crippen LogP contribution in [0.25, 0.3) is 17.0 Å². The van der Waals surface area contributed by atoms with Gasteiger partial charge in [0.25, 0.3) is 5.91 Å². The maximum absolute atomic E-state index is 13.4. The number of carboxylic acids is 1. The molecule has 2 aliphatic rings. The van der Waals surface area contributed by atoms with Gasteiger partial charge in [0.2, 0.25) is 5.91 Å². The van der Waals surface area contributed by atoms with E-state index in [2.05, 4.69) is 48.3 Å². The van der Waals surface area contributed by atoms with Crippen LogP contribution in [0.3, 0.4) is 0 Å². The molecule has 4 heterocycles. The Kier molecular flexibility index (Phi) is 9.44. The molecule has 11 heteroatoms. The summed E-state index contributed by atoms with van der Waals surface area (Å²) in [6.07, 6.45) is 17.1. The fraction of sp³-hybridized carbons (Fsp3) is 0.389. The molecule has 6 rings (SSSR count). The number of rotatable bonds is 14. The minimum atomic E-state index is -1.14. The van der Waals surface area contributed by atoms with E-state index in [1.54, 1.807) is 18.5 Å². The number of nitrogens with zero attached hydrogens (tertiary/aromatic N) is 3. The number of H-pyrrole nitrogens is 1. The summed E-state index contributed by atoms with van der Waals surface area (Å²) < 4.78 is 0. The zero-order valence-corrected chi connectivity index (χ0v) is 26.9. The highest BCUT2D eigenvalue weighted by molar-refractivity contribution is 6.06. The van der Waals surface area contributed by atoms with E-state index in [0.717, 1.165) is 63.8 Å². The number of hydrogen-bond donors (Lipinski definition) is 5. The normalized spacial score (nSPS) is 17.3. The summed E-state index contributed by atoms with van der Waals surface area (Å²) in [6.45, 7) is 2.99. The third-order valence-electron chi connectivity index (χ3n) is 9.33. The molecule has 0 bridgehead atoms. The molecule has 1 aromatic carbocycles. The minimum absolute atomic E-state index is 0.113. The average molecular weight is 636 g/mol. The molecule has 11 nitrogen and oxygen atoms in total. The van der Waals surface area contributed by atoms with Crippen LogP contribution in [-0.2, 0) is 34.3 Å². The molecule has 1 unspecified atom stereocenters. The number of allylic oxidation sites excluding steroid dienone is 1. The Bertz CT molecular complexity index is 1850. The fourth-order valence-electron chi connectivity index (χ4n) is 6.81. The summed E-state index contributed by atoms with van der Waals surface area (Å²) in [7, 11) is 1.99. The van der Waals surface area contributed by atoms with Crippen molar-refractivity contribution in [1.29, 1.82) is 0 Å². The van der Waals surface area contributed by atoms with Crippen LogP contribution in [0.4, 0.5) is 5.82 Å². The Labute approximate surface area is 273 Å². The molecule has 0 saturated heterocycles. The predicted molar refractivity (Wildman–Crippen MR) is 180 cm³/mol. The number of aliphatic carboxylic acids is 1. The monoisotopic (exact) mass is 635 g/mol. The second-order valence-corrected chi connectivity index (χ2v) is 12.8. The smallest absolute Gasteiger partial charge is 0.326 e. The number of fused-ring (bicyclic) bond motifs is 4. The van der Waals surface area contributed by atoms with Gasteiger partial charge < -0.3 is 21.1 Å². The first-order valence-electron chi connectivity index (χ1n) is 16.3. The lowest BCUT2D eigenvalue weighted by Gasteiger charge is -2.20. The molecule has 47 heavy (non-hydrogen) atoms. The van der Waals surface area contributed by atoms with E-state index in [-0.39, 0.29) is 17.9 Å². The van der Waals surface area contributed by atoms with Crippen LogP contribution in [0, 0.1) is 6.92 Å². The molecular weight excluding hydrogens is 594 g/mol. The Hall–Kier alpha value is -4.90.